The molecule has 23 nitrogen and oxygen atoms in total. The molecule has 2 aliphatic heterocycles. The Morgan fingerprint density at radius 3 is 1.59 bits per heavy atom. The second-order valence-corrected chi connectivity index (χ2v) is 20.1. The van der Waals surface area contributed by atoms with Crippen LogP contribution in [0.3, 0.4) is 0 Å². The molecule has 4 aromatic rings. The van der Waals surface area contributed by atoms with Gasteiger partial charge < -0.3 is 18.5 Å². The van der Waals surface area contributed by atoms with Crippen LogP contribution in [0.5, 0.6) is 11.5 Å². The highest BCUT2D eigenvalue weighted by Gasteiger charge is 2.53. The van der Waals surface area contributed by atoms with Gasteiger partial charge in [0.05, 0.1) is 37.5 Å². The summed E-state index contributed by atoms with van der Waals surface area (Å²) >= 11 is 12.2. The summed E-state index contributed by atoms with van der Waals surface area (Å²) in [5, 5.41) is 8.21. The Balaban J connectivity index is 1.35. The fourth-order valence-corrected chi connectivity index (χ4v) is 11.2. The van der Waals surface area contributed by atoms with Gasteiger partial charge in [0, 0.05) is 61.6 Å². The van der Waals surface area contributed by atoms with Crippen molar-refractivity contribution in [1.82, 2.24) is 19.1 Å². The predicted octanol–water partition coefficient (Wildman–Crippen LogP) is 7.82. The first-order valence-corrected chi connectivity index (χ1v) is 23.1. The van der Waals surface area contributed by atoms with Gasteiger partial charge in [0.15, 0.2) is 5.85 Å². The number of hydrogen-bond acceptors (Lipinski definition) is 15. The molecular weight excluding hydrogens is 925 g/mol. The number of rotatable bonds is 17. The zero-order valence-electron chi connectivity index (χ0n) is 34.7. The van der Waals surface area contributed by atoms with Crippen LogP contribution >= 0.6 is 38.6 Å². The van der Waals surface area contributed by atoms with E-state index in [9.17, 15) is 30.2 Å². The van der Waals surface area contributed by atoms with Crippen molar-refractivity contribution in [2.45, 2.75) is 90.1 Å². The van der Waals surface area contributed by atoms with Crippen LogP contribution in [-0.2, 0) is 32.2 Å². The molecular formula is C37H42Cl2N10O13P2. The van der Waals surface area contributed by atoms with E-state index in [4.69, 9.17) is 55.3 Å². The van der Waals surface area contributed by atoms with Gasteiger partial charge in [-0.2, -0.15) is 0 Å². The van der Waals surface area contributed by atoms with E-state index in [1.54, 1.807) is 20.8 Å². The molecule has 342 valence electrons. The molecule has 0 spiro atoms. The molecule has 2 fully saturated rings. The minimum absolute atomic E-state index is 0.0256. The average molecular weight is 968 g/mol. The third kappa shape index (κ3) is 11.6. The molecule has 3 unspecified atom stereocenters. The van der Waals surface area contributed by atoms with Gasteiger partial charge in [-0.05, 0) is 73.4 Å². The lowest BCUT2D eigenvalue weighted by Gasteiger charge is -2.37. The summed E-state index contributed by atoms with van der Waals surface area (Å²) in [6.07, 6.45) is -2.02. The minimum Gasteiger partial charge on any atom is -0.423 e. The number of H-pyrrole nitrogens is 2. The number of aromatic amines is 2. The maximum Gasteiger partial charge on any atom is 0.531 e. The Labute approximate surface area is 372 Å². The minimum atomic E-state index is -5.06. The van der Waals surface area contributed by atoms with E-state index in [2.05, 4.69) is 30.0 Å². The van der Waals surface area contributed by atoms with Crippen LogP contribution < -0.4 is 31.5 Å². The van der Waals surface area contributed by atoms with E-state index in [1.165, 1.54) is 74.8 Å². The maximum absolute atomic E-state index is 15.5. The fourth-order valence-electron chi connectivity index (χ4n) is 6.69. The summed E-state index contributed by atoms with van der Waals surface area (Å²) in [6.45, 7) is 6.43. The van der Waals surface area contributed by atoms with Crippen molar-refractivity contribution in [3.05, 3.63) is 145 Å². The first-order chi connectivity index (χ1) is 30.2. The first-order valence-electron chi connectivity index (χ1n) is 19.3. The van der Waals surface area contributed by atoms with E-state index < -0.39 is 99.1 Å². The Morgan fingerprint density at radius 1 is 0.750 bits per heavy atom. The number of aryl methyl sites for hydroxylation is 2. The number of nitrogens with one attached hydrogen (secondary N) is 2. The molecule has 4 heterocycles. The van der Waals surface area contributed by atoms with Crippen LogP contribution in [0.15, 0.2) is 90.3 Å². The lowest BCUT2D eigenvalue weighted by Crippen LogP contribution is -2.35. The topological polar surface area (TPSA) is 306 Å². The van der Waals surface area contributed by atoms with Crippen LogP contribution in [0.1, 0.15) is 57.2 Å². The van der Waals surface area contributed by atoms with Crippen LogP contribution in [0.25, 0.3) is 20.9 Å². The highest BCUT2D eigenvalue weighted by Crippen LogP contribution is 2.65. The molecule has 9 atom stereocenters. The highest BCUT2D eigenvalue weighted by molar-refractivity contribution is 7.56. The van der Waals surface area contributed by atoms with E-state index in [1.807, 2.05) is 0 Å². The van der Waals surface area contributed by atoms with Gasteiger partial charge in [0.25, 0.3) is 11.1 Å². The van der Waals surface area contributed by atoms with E-state index in [0.29, 0.717) is 10.0 Å². The quantitative estimate of drug-likeness (QED) is 0.0442. The first kappa shape index (κ1) is 48.3. The molecule has 2 aliphatic rings. The number of aromatic nitrogens is 4. The summed E-state index contributed by atoms with van der Waals surface area (Å²) in [6, 6.07) is 9.30. The lowest BCUT2D eigenvalue weighted by atomic mass is 9.98. The van der Waals surface area contributed by atoms with Crippen molar-refractivity contribution in [3.63, 3.8) is 0 Å². The van der Waals surface area contributed by atoms with Gasteiger partial charge in [0.2, 0.25) is 0 Å². The summed E-state index contributed by atoms with van der Waals surface area (Å²) < 4.78 is 75.3. The molecule has 2 aromatic heterocycles. The Kier molecular flexibility index (Phi) is 15.1. The number of phosphoric ester groups is 1. The third-order valence-electron chi connectivity index (χ3n) is 9.87. The van der Waals surface area contributed by atoms with Gasteiger partial charge in [-0.25, -0.2) is 18.7 Å². The van der Waals surface area contributed by atoms with Crippen LogP contribution in [0, 0.1) is 19.3 Å². The van der Waals surface area contributed by atoms with E-state index in [-0.39, 0.29) is 35.5 Å². The lowest BCUT2D eigenvalue weighted by molar-refractivity contribution is -0.0332. The zero-order valence-corrected chi connectivity index (χ0v) is 38.0. The number of halogens is 2. The van der Waals surface area contributed by atoms with Crippen LogP contribution in [-0.4, -0.2) is 62.5 Å². The average Bonchev–Trinajstić information content (AvgIpc) is 3.83. The Bertz CT molecular complexity index is 2790. The van der Waals surface area contributed by atoms with Gasteiger partial charge in [0.1, 0.15) is 24.0 Å². The summed E-state index contributed by atoms with van der Waals surface area (Å²) in [5.41, 5.74) is 15.1. The van der Waals surface area contributed by atoms with Crippen molar-refractivity contribution in [3.8, 4) is 11.5 Å². The van der Waals surface area contributed by atoms with Crippen molar-refractivity contribution in [2.75, 3.05) is 13.2 Å². The van der Waals surface area contributed by atoms with E-state index in [0.717, 1.165) is 9.13 Å². The summed E-state index contributed by atoms with van der Waals surface area (Å²) in [4.78, 5) is 59.8. The highest BCUT2D eigenvalue weighted by atomic mass is 35.5. The van der Waals surface area contributed by atoms with Crippen LogP contribution in [0.2, 0.25) is 10.0 Å². The Hall–Kier alpha value is -5.14. The molecule has 0 bridgehead atoms. The van der Waals surface area contributed by atoms with Crippen LogP contribution in [0.4, 0.5) is 0 Å². The largest absolute Gasteiger partial charge is 0.531 e. The number of azide groups is 2. The fraction of sp³-hybridized carbons (Fsp3) is 0.459. The number of hydrogen-bond donors (Lipinski definition) is 2. The molecule has 0 saturated carbocycles. The summed E-state index contributed by atoms with van der Waals surface area (Å²) in [5.74, 6) is -1.93. The number of ether oxygens (including phenoxy) is 2. The SMILES string of the molecule is Cc1cn([C@H]2C[C@H](N=[N+]=[N-])[C@@H](COP(=O)(Oc3ccc(Cl)cc3)OC(C(C)(C)C)P(=O)(OC[C@H]3O[C@@H](n4cc(C)c(=O)[nH]c4=O)C[C@@H]3N=[N+]=[N-])Oc3ccc(Cl)cc3)O2)c(=O)[nH]c1=O. The van der Waals surface area contributed by atoms with Gasteiger partial charge in [-0.3, -0.25) is 42.3 Å². The van der Waals surface area contributed by atoms with Crippen molar-refractivity contribution >= 4 is 38.6 Å². The van der Waals surface area contributed by atoms with Gasteiger partial charge >= 0.3 is 26.8 Å². The molecule has 2 saturated heterocycles. The standard InChI is InChI=1S/C37H42Cl2N10O13P2/c1-20-16-48(35(52)42-32(20)50)30-14-26(44-46-40)28(58-30)18-56-63(54,60-24-10-6-22(38)7-11-24)34(37(3,4)5)62-64(55,61-25-12-8-23(39)9-13-25)57-19-29-27(45-47-41)15-31(59-29)49-17-21(2)33(51)43-36(49)53/h6-13,16-17,26-31,34H,14-15,18-19H2,1-5H3,(H,42,50,52)(H,43,51,53)/t26-,27-,28+,29+,30+,31+,34?,63?,64?/m0/s1. The molecule has 2 N–H and O–H groups in total. The maximum atomic E-state index is 15.5. The van der Waals surface area contributed by atoms with Gasteiger partial charge in [-0.15, -0.1) is 0 Å². The predicted molar refractivity (Wildman–Crippen MR) is 231 cm³/mol. The van der Waals surface area contributed by atoms with Gasteiger partial charge in [-0.1, -0.05) is 54.2 Å². The zero-order chi connectivity index (χ0) is 46.6. The second-order valence-electron chi connectivity index (χ2n) is 15.7. The molecule has 6 rings (SSSR count). The molecule has 27 heteroatoms. The number of nitrogens with zero attached hydrogens (tertiary/aromatic N) is 8. The summed E-state index contributed by atoms with van der Waals surface area (Å²) in [7, 11) is -9.92. The molecule has 0 radical (unpaired) electrons. The Morgan fingerprint density at radius 2 is 1.17 bits per heavy atom. The van der Waals surface area contributed by atoms with Crippen molar-refractivity contribution < 1.29 is 41.2 Å². The van der Waals surface area contributed by atoms with E-state index >= 15 is 9.13 Å². The molecule has 2 aromatic carbocycles. The smallest absolute Gasteiger partial charge is 0.423 e. The number of phosphoric acid groups is 1. The second kappa shape index (κ2) is 19.9. The number of benzene rings is 2. The molecule has 64 heavy (non-hydrogen) atoms. The van der Waals surface area contributed by atoms with Crippen molar-refractivity contribution in [2.24, 2.45) is 15.6 Å². The molecule has 0 aliphatic carbocycles. The third-order valence-corrected chi connectivity index (χ3v) is 14.3. The normalized spacial score (nSPS) is 23.2. The monoisotopic (exact) mass is 966 g/mol. The molecule has 0 amide bonds. The van der Waals surface area contributed by atoms with Crippen molar-refractivity contribution in [1.29, 1.82) is 0 Å².